The number of carboxylic acid groups (broad SMARTS) is 1. The molecule has 20 heavy (non-hydrogen) atoms. The topological polar surface area (TPSA) is 78.4 Å². The number of carboxylic acids is 1. The van der Waals surface area contributed by atoms with Crippen LogP contribution in [0.15, 0.2) is 0 Å². The van der Waals surface area contributed by atoms with E-state index < -0.39 is 5.97 Å². The summed E-state index contributed by atoms with van der Waals surface area (Å²) < 4.78 is 0. The first-order chi connectivity index (χ1) is 9.12. The molecule has 0 heterocycles. The molecule has 0 aliphatic rings. The van der Waals surface area contributed by atoms with E-state index in [2.05, 4.69) is 45.3 Å². The van der Waals surface area contributed by atoms with Gasteiger partial charge in [-0.1, -0.05) is 34.6 Å². The quantitative estimate of drug-likeness (QED) is 0.600. The van der Waals surface area contributed by atoms with E-state index in [1.165, 1.54) is 0 Å². The van der Waals surface area contributed by atoms with Gasteiger partial charge in [-0.05, 0) is 30.6 Å². The number of carbonyl (C=O) groups is 2. The molecule has 3 N–H and O–H groups in total. The number of nitrogens with one attached hydrogen (secondary N) is 2. The molecule has 5 nitrogen and oxygen atoms in total. The van der Waals surface area contributed by atoms with Crippen molar-refractivity contribution in [3.8, 4) is 0 Å². The maximum absolute atomic E-state index is 11.8. The van der Waals surface area contributed by atoms with Crippen LogP contribution in [0.2, 0.25) is 0 Å². The Morgan fingerprint density at radius 2 is 1.75 bits per heavy atom. The summed E-state index contributed by atoms with van der Waals surface area (Å²) in [6, 6.07) is -0.0940. The van der Waals surface area contributed by atoms with Gasteiger partial charge in [-0.2, -0.15) is 0 Å². The van der Waals surface area contributed by atoms with Crippen molar-refractivity contribution in [1.82, 2.24) is 10.6 Å². The highest BCUT2D eigenvalue weighted by Crippen LogP contribution is 2.24. The van der Waals surface area contributed by atoms with Gasteiger partial charge in [-0.25, -0.2) is 4.79 Å². The summed E-state index contributed by atoms with van der Waals surface area (Å²) in [5.74, 6) is -0.225. The first kappa shape index (κ1) is 18.7. The van der Waals surface area contributed by atoms with E-state index in [1.54, 1.807) is 0 Å². The lowest BCUT2D eigenvalue weighted by atomic mass is 9.83. The predicted octanol–water partition coefficient (Wildman–Crippen LogP) is 3.00. The molecule has 0 aliphatic heterocycles. The maximum atomic E-state index is 11.8. The summed E-state index contributed by atoms with van der Waals surface area (Å²) in [6.45, 7) is 11.1. The zero-order valence-corrected chi connectivity index (χ0v) is 13.5. The minimum atomic E-state index is -0.836. The molecule has 118 valence electrons. The molecular formula is C15H30N2O3. The second kappa shape index (κ2) is 8.82. The molecule has 1 atom stereocenters. The van der Waals surface area contributed by atoms with Gasteiger partial charge in [0.25, 0.3) is 0 Å². The van der Waals surface area contributed by atoms with Gasteiger partial charge < -0.3 is 15.7 Å². The molecular weight excluding hydrogens is 256 g/mol. The lowest BCUT2D eigenvalue weighted by molar-refractivity contribution is -0.137. The molecule has 0 aromatic carbocycles. The average Bonchev–Trinajstić information content (AvgIpc) is 2.28. The van der Waals surface area contributed by atoms with E-state index in [1.807, 2.05) is 0 Å². The van der Waals surface area contributed by atoms with Gasteiger partial charge in [0.15, 0.2) is 0 Å². The van der Waals surface area contributed by atoms with Crippen molar-refractivity contribution in [2.75, 3.05) is 6.54 Å². The smallest absolute Gasteiger partial charge is 0.315 e. The monoisotopic (exact) mass is 286 g/mol. The number of hydrogen-bond donors (Lipinski definition) is 3. The number of carbonyl (C=O) groups excluding carboxylic acids is 1. The second-order valence-corrected chi connectivity index (χ2v) is 6.79. The molecule has 1 unspecified atom stereocenters. The van der Waals surface area contributed by atoms with Crippen molar-refractivity contribution in [1.29, 1.82) is 0 Å². The van der Waals surface area contributed by atoms with Crippen LogP contribution in [0.5, 0.6) is 0 Å². The normalized spacial score (nSPS) is 13.1. The van der Waals surface area contributed by atoms with Crippen molar-refractivity contribution in [2.24, 2.45) is 11.3 Å². The van der Waals surface area contributed by atoms with Crippen molar-refractivity contribution < 1.29 is 14.7 Å². The number of aliphatic carboxylic acids is 1. The first-order valence-corrected chi connectivity index (χ1v) is 7.39. The van der Waals surface area contributed by atoms with E-state index in [0.29, 0.717) is 18.9 Å². The number of amides is 2. The molecule has 0 bridgehead atoms. The van der Waals surface area contributed by atoms with Gasteiger partial charge in [0.1, 0.15) is 0 Å². The minimum absolute atomic E-state index is 0.00724. The zero-order chi connectivity index (χ0) is 15.8. The summed E-state index contributed by atoms with van der Waals surface area (Å²) in [7, 11) is 0. The van der Waals surface area contributed by atoms with E-state index in [0.717, 1.165) is 12.8 Å². The SMILES string of the molecule is CC(C)CCC(NC(=O)NCCCC(=O)O)C(C)(C)C. The molecule has 0 aromatic rings. The molecule has 0 rings (SSSR count). The number of hydrogen-bond acceptors (Lipinski definition) is 2. The lowest BCUT2D eigenvalue weighted by Gasteiger charge is -2.32. The highest BCUT2D eigenvalue weighted by atomic mass is 16.4. The second-order valence-electron chi connectivity index (χ2n) is 6.79. The molecule has 0 aromatic heterocycles. The Morgan fingerprint density at radius 3 is 2.20 bits per heavy atom. The van der Waals surface area contributed by atoms with Crippen LogP contribution < -0.4 is 10.6 Å². The van der Waals surface area contributed by atoms with Crippen molar-refractivity contribution >= 4 is 12.0 Å². The van der Waals surface area contributed by atoms with Crippen LogP contribution in [0.25, 0.3) is 0 Å². The van der Waals surface area contributed by atoms with Gasteiger partial charge >= 0.3 is 12.0 Å². The molecule has 0 fully saturated rings. The van der Waals surface area contributed by atoms with Crippen LogP contribution in [0.4, 0.5) is 4.79 Å². The molecule has 0 aliphatic carbocycles. The van der Waals surface area contributed by atoms with E-state index >= 15 is 0 Å². The Kier molecular flexibility index (Phi) is 8.26. The summed E-state index contributed by atoms with van der Waals surface area (Å²) in [4.78, 5) is 22.2. The maximum Gasteiger partial charge on any atom is 0.315 e. The highest BCUT2D eigenvalue weighted by molar-refractivity contribution is 5.74. The van der Waals surface area contributed by atoms with Crippen LogP contribution in [0.3, 0.4) is 0 Å². The summed E-state index contributed by atoms with van der Waals surface area (Å²) in [5.41, 5.74) is 0.00724. The Labute approximate surface area is 122 Å². The van der Waals surface area contributed by atoms with Crippen LogP contribution in [0.1, 0.15) is 60.3 Å². The Bertz CT molecular complexity index is 309. The zero-order valence-electron chi connectivity index (χ0n) is 13.5. The first-order valence-electron chi connectivity index (χ1n) is 7.39. The van der Waals surface area contributed by atoms with Gasteiger partial charge in [0.05, 0.1) is 0 Å². The summed E-state index contributed by atoms with van der Waals surface area (Å²) in [6.07, 6.45) is 2.55. The predicted molar refractivity (Wildman–Crippen MR) is 80.7 cm³/mol. The molecule has 5 heteroatoms. The third-order valence-electron chi connectivity index (χ3n) is 3.24. The largest absolute Gasteiger partial charge is 0.481 e. The standard InChI is InChI=1S/C15H30N2O3/c1-11(2)8-9-12(15(3,4)5)17-14(20)16-10-6-7-13(18)19/h11-12H,6-10H2,1-5H3,(H,18,19)(H2,16,17,20). The molecule has 0 spiro atoms. The summed E-state index contributed by atoms with van der Waals surface area (Å²) >= 11 is 0. The van der Waals surface area contributed by atoms with Crippen LogP contribution >= 0.6 is 0 Å². The van der Waals surface area contributed by atoms with Gasteiger partial charge in [-0.15, -0.1) is 0 Å². The molecule has 0 radical (unpaired) electrons. The van der Waals surface area contributed by atoms with Crippen molar-refractivity contribution in [2.45, 2.75) is 66.3 Å². The van der Waals surface area contributed by atoms with Crippen LogP contribution in [0, 0.1) is 11.3 Å². The van der Waals surface area contributed by atoms with E-state index in [-0.39, 0.29) is 23.9 Å². The van der Waals surface area contributed by atoms with Crippen molar-refractivity contribution in [3.63, 3.8) is 0 Å². The number of urea groups is 1. The summed E-state index contributed by atoms with van der Waals surface area (Å²) in [5, 5.41) is 14.2. The fourth-order valence-electron chi connectivity index (χ4n) is 1.87. The fourth-order valence-corrected chi connectivity index (χ4v) is 1.87. The lowest BCUT2D eigenvalue weighted by Crippen LogP contribution is -2.48. The van der Waals surface area contributed by atoms with Crippen LogP contribution in [-0.4, -0.2) is 29.7 Å². The Morgan fingerprint density at radius 1 is 1.15 bits per heavy atom. The van der Waals surface area contributed by atoms with Gasteiger partial charge in [0.2, 0.25) is 0 Å². The van der Waals surface area contributed by atoms with Gasteiger partial charge in [0, 0.05) is 19.0 Å². The minimum Gasteiger partial charge on any atom is -0.481 e. The molecule has 2 amide bonds. The molecule has 0 saturated heterocycles. The third kappa shape index (κ3) is 9.64. The van der Waals surface area contributed by atoms with E-state index in [9.17, 15) is 9.59 Å². The number of rotatable bonds is 8. The van der Waals surface area contributed by atoms with E-state index in [4.69, 9.17) is 5.11 Å². The fraction of sp³-hybridized carbons (Fsp3) is 0.867. The van der Waals surface area contributed by atoms with Gasteiger partial charge in [-0.3, -0.25) is 4.79 Å². The van der Waals surface area contributed by atoms with Crippen molar-refractivity contribution in [3.05, 3.63) is 0 Å². The third-order valence-corrected chi connectivity index (χ3v) is 3.24. The molecule has 0 saturated carbocycles. The average molecular weight is 286 g/mol. The Hall–Kier alpha value is -1.26. The highest BCUT2D eigenvalue weighted by Gasteiger charge is 2.25. The van der Waals surface area contributed by atoms with Crippen LogP contribution in [-0.2, 0) is 4.79 Å². The Balaban J connectivity index is 4.15.